The molecule has 2 aromatic rings. The normalized spacial score (nSPS) is 16.4. The van der Waals surface area contributed by atoms with Crippen molar-refractivity contribution >= 4 is 29.1 Å². The fourth-order valence-corrected chi connectivity index (χ4v) is 3.52. The first-order valence-electron chi connectivity index (χ1n) is 8.97. The Morgan fingerprint density at radius 1 is 1.45 bits per heavy atom. The van der Waals surface area contributed by atoms with Gasteiger partial charge in [0.15, 0.2) is 10.9 Å². The third-order valence-electron chi connectivity index (χ3n) is 4.58. The van der Waals surface area contributed by atoms with Crippen LogP contribution in [0.4, 0.5) is 5.82 Å². The number of amides is 1. The molecule has 2 N–H and O–H groups in total. The van der Waals surface area contributed by atoms with Crippen molar-refractivity contribution < 1.29 is 14.1 Å². The van der Waals surface area contributed by atoms with Gasteiger partial charge < -0.3 is 24.8 Å². The molecule has 1 aliphatic heterocycles. The van der Waals surface area contributed by atoms with Crippen LogP contribution in [0, 0.1) is 18.3 Å². The Labute approximate surface area is 174 Å². The minimum absolute atomic E-state index is 0.328. The Morgan fingerprint density at radius 2 is 2.24 bits per heavy atom. The third kappa shape index (κ3) is 4.45. The van der Waals surface area contributed by atoms with Gasteiger partial charge in [0.1, 0.15) is 5.76 Å². The van der Waals surface area contributed by atoms with Gasteiger partial charge in [-0.25, -0.2) is 0 Å². The number of carbonyl (C=O) groups is 1. The van der Waals surface area contributed by atoms with Crippen LogP contribution in [0.1, 0.15) is 29.9 Å². The lowest BCUT2D eigenvalue weighted by molar-refractivity contribution is -0.113. The van der Waals surface area contributed by atoms with E-state index in [1.807, 2.05) is 17.9 Å². The zero-order valence-corrected chi connectivity index (χ0v) is 17.2. The number of aryl methyl sites for hydroxylation is 1. The topological polar surface area (TPSA) is 103 Å². The van der Waals surface area contributed by atoms with Crippen molar-refractivity contribution in [2.75, 3.05) is 25.6 Å². The Kier molecular flexibility index (Phi) is 6.26. The van der Waals surface area contributed by atoms with Gasteiger partial charge in [-0.3, -0.25) is 4.79 Å². The molecule has 1 aromatic heterocycles. The molecule has 2 heterocycles. The van der Waals surface area contributed by atoms with Gasteiger partial charge in [0.25, 0.3) is 5.91 Å². The highest BCUT2D eigenvalue weighted by Crippen LogP contribution is 2.31. The van der Waals surface area contributed by atoms with Gasteiger partial charge in [-0.2, -0.15) is 5.26 Å². The number of thiocarbonyl (C=S) groups is 1. The fourth-order valence-electron chi connectivity index (χ4n) is 3.17. The standard InChI is InChI=1S/C20H21N5O3S/c1-12-9-16(24-28-12)22-19(26)17-13(2)25(7-8-27-3)20(29)23-18(17)15-6-4-5-14(10-15)11-21/h4-6,9-10,18H,7-8H2,1-3H3,(H,23,29)(H,22,24,26)/t18-/m0/s1. The molecule has 8 nitrogen and oxygen atoms in total. The largest absolute Gasteiger partial charge is 0.383 e. The minimum atomic E-state index is -0.511. The van der Waals surface area contributed by atoms with E-state index < -0.39 is 6.04 Å². The number of methoxy groups -OCH3 is 1. The lowest BCUT2D eigenvalue weighted by Gasteiger charge is -2.37. The maximum atomic E-state index is 13.2. The van der Waals surface area contributed by atoms with Crippen molar-refractivity contribution in [3.8, 4) is 6.07 Å². The molecule has 0 saturated carbocycles. The number of anilines is 1. The molecular weight excluding hydrogens is 390 g/mol. The van der Waals surface area contributed by atoms with Crippen LogP contribution in [-0.4, -0.2) is 41.3 Å². The SMILES string of the molecule is COCCN1C(=S)N[C@@H](c2cccc(C#N)c2)C(C(=O)Nc2cc(C)on2)=C1C. The summed E-state index contributed by atoms with van der Waals surface area (Å²) in [6.45, 7) is 4.54. The molecule has 1 atom stereocenters. The highest BCUT2D eigenvalue weighted by molar-refractivity contribution is 7.80. The lowest BCUT2D eigenvalue weighted by atomic mass is 9.93. The van der Waals surface area contributed by atoms with E-state index in [1.165, 1.54) is 0 Å². The molecule has 0 radical (unpaired) electrons. The first-order valence-corrected chi connectivity index (χ1v) is 9.38. The monoisotopic (exact) mass is 411 g/mol. The number of hydrogen-bond acceptors (Lipinski definition) is 6. The molecule has 1 amide bonds. The van der Waals surface area contributed by atoms with Crippen molar-refractivity contribution in [3.05, 3.63) is 58.5 Å². The minimum Gasteiger partial charge on any atom is -0.383 e. The maximum absolute atomic E-state index is 13.2. The number of hydrogen-bond donors (Lipinski definition) is 2. The molecule has 29 heavy (non-hydrogen) atoms. The van der Waals surface area contributed by atoms with E-state index in [1.54, 1.807) is 38.3 Å². The van der Waals surface area contributed by atoms with Crippen LogP contribution in [0.5, 0.6) is 0 Å². The molecule has 0 saturated heterocycles. The summed E-state index contributed by atoms with van der Waals surface area (Å²) in [7, 11) is 1.61. The van der Waals surface area contributed by atoms with Crippen molar-refractivity contribution in [2.45, 2.75) is 19.9 Å². The third-order valence-corrected chi connectivity index (χ3v) is 4.92. The molecule has 1 aromatic carbocycles. The van der Waals surface area contributed by atoms with Gasteiger partial charge in [-0.1, -0.05) is 17.3 Å². The summed E-state index contributed by atoms with van der Waals surface area (Å²) in [5.41, 5.74) is 2.45. The zero-order chi connectivity index (χ0) is 21.0. The molecule has 0 bridgehead atoms. The van der Waals surface area contributed by atoms with Crippen LogP contribution < -0.4 is 10.6 Å². The van der Waals surface area contributed by atoms with Crippen molar-refractivity contribution in [1.29, 1.82) is 5.26 Å². The fraction of sp³-hybridized carbons (Fsp3) is 0.300. The molecule has 0 aliphatic carbocycles. The number of benzene rings is 1. The summed E-state index contributed by atoms with van der Waals surface area (Å²) in [6, 6.07) is 10.3. The maximum Gasteiger partial charge on any atom is 0.257 e. The number of ether oxygens (including phenoxy) is 1. The van der Waals surface area contributed by atoms with Crippen LogP contribution in [0.25, 0.3) is 0 Å². The first-order chi connectivity index (χ1) is 13.9. The van der Waals surface area contributed by atoms with E-state index in [4.69, 9.17) is 21.5 Å². The van der Waals surface area contributed by atoms with Crippen molar-refractivity contribution in [1.82, 2.24) is 15.4 Å². The second-order valence-electron chi connectivity index (χ2n) is 6.54. The number of allylic oxidation sites excluding steroid dienone is 1. The van der Waals surface area contributed by atoms with E-state index in [2.05, 4.69) is 21.9 Å². The highest BCUT2D eigenvalue weighted by atomic mass is 32.1. The lowest BCUT2D eigenvalue weighted by Crippen LogP contribution is -2.49. The Morgan fingerprint density at radius 3 is 2.90 bits per heavy atom. The second-order valence-corrected chi connectivity index (χ2v) is 6.93. The summed E-state index contributed by atoms with van der Waals surface area (Å²) in [4.78, 5) is 15.0. The number of nitrogens with one attached hydrogen (secondary N) is 2. The van der Waals surface area contributed by atoms with Crippen LogP contribution >= 0.6 is 12.2 Å². The molecular formula is C20H21N5O3S. The molecule has 150 valence electrons. The number of nitriles is 1. The molecule has 9 heteroatoms. The summed E-state index contributed by atoms with van der Waals surface area (Å²) in [5.74, 6) is 0.587. The first kappa shape index (κ1) is 20.5. The molecule has 0 unspecified atom stereocenters. The van der Waals surface area contributed by atoms with E-state index in [-0.39, 0.29) is 5.91 Å². The predicted molar refractivity (Wildman–Crippen MR) is 111 cm³/mol. The molecule has 1 aliphatic rings. The average Bonchev–Trinajstić information content (AvgIpc) is 3.11. The second kappa shape index (κ2) is 8.86. The summed E-state index contributed by atoms with van der Waals surface area (Å²) < 4.78 is 10.2. The van der Waals surface area contributed by atoms with E-state index in [0.717, 1.165) is 5.56 Å². The van der Waals surface area contributed by atoms with Gasteiger partial charge in [0, 0.05) is 25.4 Å². The van der Waals surface area contributed by atoms with Crippen LogP contribution in [0.2, 0.25) is 0 Å². The number of aromatic nitrogens is 1. The van der Waals surface area contributed by atoms with Crippen molar-refractivity contribution in [2.24, 2.45) is 0 Å². The van der Waals surface area contributed by atoms with E-state index in [0.29, 0.717) is 46.7 Å². The van der Waals surface area contributed by atoms with Gasteiger partial charge in [-0.15, -0.1) is 0 Å². The quantitative estimate of drug-likeness (QED) is 0.700. The summed E-state index contributed by atoms with van der Waals surface area (Å²) in [5, 5.41) is 19.6. The number of nitrogens with zero attached hydrogens (tertiary/aromatic N) is 3. The van der Waals surface area contributed by atoms with Crippen LogP contribution in [0.15, 0.2) is 46.1 Å². The number of carbonyl (C=O) groups excluding carboxylic acids is 1. The average molecular weight is 411 g/mol. The van der Waals surface area contributed by atoms with Crippen LogP contribution in [0.3, 0.4) is 0 Å². The highest BCUT2D eigenvalue weighted by Gasteiger charge is 2.34. The predicted octanol–water partition coefficient (Wildman–Crippen LogP) is 2.65. The van der Waals surface area contributed by atoms with Gasteiger partial charge in [0.2, 0.25) is 0 Å². The summed E-state index contributed by atoms with van der Waals surface area (Å²) in [6.07, 6.45) is 0. The van der Waals surface area contributed by atoms with Gasteiger partial charge in [0.05, 0.1) is 29.9 Å². The Balaban J connectivity index is 2.03. The van der Waals surface area contributed by atoms with Gasteiger partial charge in [-0.05, 0) is 43.8 Å². The van der Waals surface area contributed by atoms with Crippen molar-refractivity contribution in [3.63, 3.8) is 0 Å². The molecule has 0 fully saturated rings. The molecule has 3 rings (SSSR count). The van der Waals surface area contributed by atoms with E-state index >= 15 is 0 Å². The van der Waals surface area contributed by atoms with Gasteiger partial charge >= 0.3 is 0 Å². The zero-order valence-electron chi connectivity index (χ0n) is 16.4. The molecule has 0 spiro atoms. The smallest absolute Gasteiger partial charge is 0.257 e. The number of rotatable bonds is 6. The Hall–Kier alpha value is -3.22. The van der Waals surface area contributed by atoms with E-state index in [9.17, 15) is 10.1 Å². The van der Waals surface area contributed by atoms with Crippen LogP contribution in [-0.2, 0) is 9.53 Å². The summed E-state index contributed by atoms with van der Waals surface area (Å²) >= 11 is 5.53. The Bertz CT molecular complexity index is 1010.